The predicted molar refractivity (Wildman–Crippen MR) is 34.1 cm³/mol. The summed E-state index contributed by atoms with van der Waals surface area (Å²) in [6.45, 7) is 0.890. The predicted octanol–water partition coefficient (Wildman–Crippen LogP) is 1.24. The van der Waals surface area contributed by atoms with Crippen LogP contribution in [0.1, 0.15) is 25.7 Å². The summed E-state index contributed by atoms with van der Waals surface area (Å²) < 4.78 is 12.7. The fraction of sp³-hybridized carbons (Fsp3) is 1.00. The molecule has 0 amide bonds. The Balaban J connectivity index is 1.96. The van der Waals surface area contributed by atoms with E-state index >= 15 is 0 Å². The number of hydrogen-bond donors (Lipinski definition) is 1. The maximum absolute atomic E-state index is 12.7. The highest BCUT2D eigenvalue weighted by atomic mass is 19.1. The van der Waals surface area contributed by atoms with E-state index in [1.165, 1.54) is 12.8 Å². The monoisotopic (exact) mass is 129 g/mol. The van der Waals surface area contributed by atoms with E-state index in [9.17, 15) is 4.39 Å². The Kier molecular flexibility index (Phi) is 1.06. The molecule has 0 aromatic carbocycles. The van der Waals surface area contributed by atoms with E-state index in [1.807, 2.05) is 0 Å². The van der Waals surface area contributed by atoms with Gasteiger partial charge in [0.15, 0.2) is 0 Å². The maximum Gasteiger partial charge on any atom is 0.103 e. The first-order chi connectivity index (χ1) is 4.31. The number of nitrogens with one attached hydrogen (secondary N) is 1. The summed E-state index contributed by atoms with van der Waals surface area (Å²) >= 11 is 0. The second kappa shape index (κ2) is 1.69. The van der Waals surface area contributed by atoms with Crippen LogP contribution in [0.5, 0.6) is 0 Å². The van der Waals surface area contributed by atoms with E-state index in [-0.39, 0.29) is 5.54 Å². The zero-order valence-electron chi connectivity index (χ0n) is 5.49. The highest BCUT2D eigenvalue weighted by molar-refractivity contribution is 5.05. The maximum atomic E-state index is 12.7. The molecule has 9 heavy (non-hydrogen) atoms. The van der Waals surface area contributed by atoms with E-state index in [0.29, 0.717) is 0 Å². The lowest BCUT2D eigenvalue weighted by atomic mass is 10.0. The van der Waals surface area contributed by atoms with Crippen LogP contribution in [0.2, 0.25) is 0 Å². The molecular formula is C7H12FN. The van der Waals surface area contributed by atoms with Crippen molar-refractivity contribution in [2.45, 2.75) is 37.4 Å². The van der Waals surface area contributed by atoms with Crippen molar-refractivity contribution >= 4 is 0 Å². The number of hydrogen-bond acceptors (Lipinski definition) is 1. The molecule has 0 aromatic heterocycles. The van der Waals surface area contributed by atoms with Gasteiger partial charge in [-0.3, -0.25) is 0 Å². The molecule has 1 unspecified atom stereocenters. The van der Waals surface area contributed by atoms with Crippen molar-refractivity contribution in [3.8, 4) is 0 Å². The molecule has 1 N–H and O–H groups in total. The van der Waals surface area contributed by atoms with Gasteiger partial charge in [0.1, 0.15) is 6.17 Å². The molecule has 1 atom stereocenters. The third kappa shape index (κ3) is 0.960. The summed E-state index contributed by atoms with van der Waals surface area (Å²) in [5, 5.41) is 3.36. The van der Waals surface area contributed by atoms with Crippen molar-refractivity contribution in [1.29, 1.82) is 0 Å². The van der Waals surface area contributed by atoms with E-state index in [2.05, 4.69) is 5.32 Å². The van der Waals surface area contributed by atoms with Crippen molar-refractivity contribution in [3.63, 3.8) is 0 Å². The van der Waals surface area contributed by atoms with Gasteiger partial charge in [-0.1, -0.05) is 0 Å². The summed E-state index contributed by atoms with van der Waals surface area (Å²) in [5.74, 6) is 0. The molecule has 52 valence electrons. The number of halogens is 1. The van der Waals surface area contributed by atoms with Gasteiger partial charge >= 0.3 is 0 Å². The highest BCUT2D eigenvalue weighted by Crippen LogP contribution is 2.42. The van der Waals surface area contributed by atoms with Gasteiger partial charge < -0.3 is 5.32 Å². The molecule has 1 aliphatic carbocycles. The molecule has 2 rings (SSSR count). The standard InChI is InChI=1S/C7H12FN/c8-6-1-4-9-7(5-6)2-3-7/h6,9H,1-5H2. The lowest BCUT2D eigenvalue weighted by molar-refractivity contribution is 0.213. The molecule has 1 saturated heterocycles. The number of rotatable bonds is 0. The molecule has 0 aromatic rings. The zero-order chi connectivity index (χ0) is 6.32. The summed E-state index contributed by atoms with van der Waals surface area (Å²) in [4.78, 5) is 0. The second-order valence-corrected chi connectivity index (χ2v) is 3.30. The lowest BCUT2D eigenvalue weighted by Gasteiger charge is -2.25. The van der Waals surface area contributed by atoms with Crippen molar-refractivity contribution in [2.75, 3.05) is 6.54 Å². The lowest BCUT2D eigenvalue weighted by Crippen LogP contribution is -2.40. The van der Waals surface area contributed by atoms with Gasteiger partial charge in [-0.25, -0.2) is 4.39 Å². The Morgan fingerprint density at radius 1 is 1.44 bits per heavy atom. The summed E-state index contributed by atoms with van der Waals surface area (Å²) in [5.41, 5.74) is 0.275. The molecule has 0 bridgehead atoms. The molecule has 0 radical (unpaired) electrons. The largest absolute Gasteiger partial charge is 0.311 e. The van der Waals surface area contributed by atoms with Gasteiger partial charge in [0, 0.05) is 5.54 Å². The van der Waals surface area contributed by atoms with Gasteiger partial charge in [-0.05, 0) is 32.2 Å². The first-order valence-corrected chi connectivity index (χ1v) is 3.70. The Bertz CT molecular complexity index is 120. The summed E-state index contributed by atoms with van der Waals surface area (Å²) in [7, 11) is 0. The fourth-order valence-electron chi connectivity index (χ4n) is 1.62. The normalized spacial score (nSPS) is 39.0. The molecule has 1 aliphatic heterocycles. The Labute approximate surface area is 54.6 Å². The minimum Gasteiger partial charge on any atom is -0.311 e. The van der Waals surface area contributed by atoms with E-state index < -0.39 is 6.17 Å². The van der Waals surface area contributed by atoms with Crippen LogP contribution in [0.15, 0.2) is 0 Å². The first-order valence-electron chi connectivity index (χ1n) is 3.70. The topological polar surface area (TPSA) is 12.0 Å². The average molecular weight is 129 g/mol. The summed E-state index contributed by atoms with van der Waals surface area (Å²) in [6, 6.07) is 0. The van der Waals surface area contributed by atoms with E-state index in [1.54, 1.807) is 0 Å². The van der Waals surface area contributed by atoms with Crippen LogP contribution in [0.3, 0.4) is 0 Å². The third-order valence-corrected chi connectivity index (χ3v) is 2.42. The van der Waals surface area contributed by atoms with Crippen LogP contribution in [0.4, 0.5) is 4.39 Å². The van der Waals surface area contributed by atoms with Crippen LogP contribution in [0, 0.1) is 0 Å². The first kappa shape index (κ1) is 5.66. The molecule has 2 aliphatic rings. The van der Waals surface area contributed by atoms with E-state index in [4.69, 9.17) is 0 Å². The second-order valence-electron chi connectivity index (χ2n) is 3.30. The smallest absolute Gasteiger partial charge is 0.103 e. The van der Waals surface area contributed by atoms with Gasteiger partial charge in [-0.2, -0.15) is 0 Å². The van der Waals surface area contributed by atoms with Crippen LogP contribution < -0.4 is 5.32 Å². The Morgan fingerprint density at radius 2 is 2.22 bits per heavy atom. The van der Waals surface area contributed by atoms with Gasteiger partial charge in [-0.15, -0.1) is 0 Å². The van der Waals surface area contributed by atoms with Gasteiger partial charge in [0.05, 0.1) is 0 Å². The fourth-order valence-corrected chi connectivity index (χ4v) is 1.62. The molecule has 1 heterocycles. The van der Waals surface area contributed by atoms with Crippen molar-refractivity contribution in [1.82, 2.24) is 5.32 Å². The minimum atomic E-state index is -0.520. The molecule has 2 fully saturated rings. The van der Waals surface area contributed by atoms with Crippen molar-refractivity contribution < 1.29 is 4.39 Å². The zero-order valence-corrected chi connectivity index (χ0v) is 5.49. The SMILES string of the molecule is FC1CCNC2(CC2)C1. The van der Waals surface area contributed by atoms with E-state index in [0.717, 1.165) is 19.4 Å². The molecule has 1 nitrogen and oxygen atoms in total. The molecule has 1 spiro atoms. The molecule has 1 saturated carbocycles. The molecule has 2 heteroatoms. The quantitative estimate of drug-likeness (QED) is 0.519. The van der Waals surface area contributed by atoms with Crippen molar-refractivity contribution in [3.05, 3.63) is 0 Å². The highest BCUT2D eigenvalue weighted by Gasteiger charge is 2.45. The summed E-state index contributed by atoms with van der Waals surface area (Å²) in [6.07, 6.45) is 3.38. The van der Waals surface area contributed by atoms with Crippen LogP contribution in [0.25, 0.3) is 0 Å². The van der Waals surface area contributed by atoms with Gasteiger partial charge in [0.25, 0.3) is 0 Å². The minimum absolute atomic E-state index is 0.275. The van der Waals surface area contributed by atoms with Crippen LogP contribution in [-0.2, 0) is 0 Å². The third-order valence-electron chi connectivity index (χ3n) is 2.42. The number of piperidine rings is 1. The van der Waals surface area contributed by atoms with Crippen molar-refractivity contribution in [2.24, 2.45) is 0 Å². The Morgan fingerprint density at radius 3 is 2.67 bits per heavy atom. The Hall–Kier alpha value is -0.110. The number of alkyl halides is 1. The molecular weight excluding hydrogens is 117 g/mol. The van der Waals surface area contributed by atoms with Gasteiger partial charge in [0.2, 0.25) is 0 Å². The van der Waals surface area contributed by atoms with Crippen LogP contribution in [-0.4, -0.2) is 18.3 Å². The van der Waals surface area contributed by atoms with Crippen LogP contribution >= 0.6 is 0 Å². The average Bonchev–Trinajstić information content (AvgIpc) is 2.49.